The normalized spacial score (nSPS) is 13.5. The molecule has 124 valence electrons. The molecule has 3 rings (SSSR count). The largest absolute Gasteiger partial charge is 0.323 e. The minimum absolute atomic E-state index is 0.0255. The van der Waals surface area contributed by atoms with Crippen LogP contribution in [0.3, 0.4) is 0 Å². The Hall–Kier alpha value is -2.61. The molecule has 3 amide bonds. The lowest BCUT2D eigenvalue weighted by Gasteiger charge is -2.25. The molecule has 1 heterocycles. The van der Waals surface area contributed by atoms with Crippen LogP contribution in [0.1, 0.15) is 0 Å². The average Bonchev–Trinajstić information content (AvgIpc) is 2.54. The van der Waals surface area contributed by atoms with E-state index in [0.717, 1.165) is 17.0 Å². The van der Waals surface area contributed by atoms with Crippen molar-refractivity contribution >= 4 is 40.8 Å². The Morgan fingerprint density at radius 1 is 1.17 bits per heavy atom. The molecule has 2 N–H and O–H groups in total. The van der Waals surface area contributed by atoms with E-state index in [4.69, 9.17) is 0 Å². The van der Waals surface area contributed by atoms with Crippen LogP contribution in [0.5, 0.6) is 0 Å². The zero-order valence-electron chi connectivity index (χ0n) is 12.6. The lowest BCUT2D eigenvalue weighted by atomic mass is 10.2. The third-order valence-electron chi connectivity index (χ3n) is 3.48. The van der Waals surface area contributed by atoms with Crippen molar-refractivity contribution in [1.29, 1.82) is 0 Å². The van der Waals surface area contributed by atoms with Crippen LogP contribution in [0.2, 0.25) is 0 Å². The highest BCUT2D eigenvalue weighted by molar-refractivity contribution is 8.00. The molecule has 2 aromatic rings. The number of urea groups is 1. The first-order valence-electron chi connectivity index (χ1n) is 7.00. The summed E-state index contributed by atoms with van der Waals surface area (Å²) in [5.41, 5.74) is 1.02. The highest BCUT2D eigenvalue weighted by atomic mass is 32.2. The van der Waals surface area contributed by atoms with E-state index in [1.165, 1.54) is 16.7 Å². The third kappa shape index (κ3) is 3.33. The molecule has 8 heteroatoms. The minimum atomic E-state index is -0.864. The van der Waals surface area contributed by atoms with Crippen LogP contribution in [-0.4, -0.2) is 24.7 Å². The molecule has 1 aliphatic heterocycles. The number of benzene rings is 2. The predicted molar refractivity (Wildman–Crippen MR) is 89.6 cm³/mol. The summed E-state index contributed by atoms with van der Waals surface area (Å²) in [6.45, 7) is 0. The third-order valence-corrected chi connectivity index (χ3v) is 4.53. The molecule has 0 unspecified atom stereocenters. The molecular formula is C16H13F2N3O2S. The van der Waals surface area contributed by atoms with Crippen LogP contribution in [0.15, 0.2) is 41.3 Å². The molecule has 0 saturated carbocycles. The molecule has 0 spiro atoms. The molecule has 0 bridgehead atoms. The number of carbonyl (C=O) groups is 2. The van der Waals surface area contributed by atoms with Crippen molar-refractivity contribution in [2.24, 2.45) is 0 Å². The summed E-state index contributed by atoms with van der Waals surface area (Å²) in [4.78, 5) is 26.2. The van der Waals surface area contributed by atoms with Gasteiger partial charge in [-0.15, -0.1) is 11.8 Å². The Bertz CT molecular complexity index is 829. The first-order chi connectivity index (χ1) is 11.4. The maximum Gasteiger partial charge on any atom is 0.323 e. The van der Waals surface area contributed by atoms with Crippen molar-refractivity contribution in [2.75, 3.05) is 28.3 Å². The molecular weight excluding hydrogens is 336 g/mol. The zero-order chi connectivity index (χ0) is 17.3. The number of nitrogens with one attached hydrogen (secondary N) is 2. The number of thioether (sulfide) groups is 1. The van der Waals surface area contributed by atoms with Crippen LogP contribution in [0, 0.1) is 11.6 Å². The van der Waals surface area contributed by atoms with Crippen molar-refractivity contribution in [1.82, 2.24) is 0 Å². The van der Waals surface area contributed by atoms with Gasteiger partial charge in [-0.2, -0.15) is 0 Å². The predicted octanol–water partition coefficient (Wildman–Crippen LogP) is 3.68. The van der Waals surface area contributed by atoms with Gasteiger partial charge in [-0.1, -0.05) is 0 Å². The van der Waals surface area contributed by atoms with Crippen molar-refractivity contribution in [3.05, 3.63) is 48.0 Å². The van der Waals surface area contributed by atoms with Gasteiger partial charge in [0, 0.05) is 23.7 Å². The molecule has 0 aromatic heterocycles. The van der Waals surface area contributed by atoms with Crippen LogP contribution in [-0.2, 0) is 4.79 Å². The van der Waals surface area contributed by atoms with Gasteiger partial charge < -0.3 is 15.5 Å². The molecule has 2 aromatic carbocycles. The highest BCUT2D eigenvalue weighted by Crippen LogP contribution is 2.36. The number of fused-ring (bicyclic) bond motifs is 1. The zero-order valence-corrected chi connectivity index (χ0v) is 13.4. The van der Waals surface area contributed by atoms with Crippen molar-refractivity contribution in [3.8, 4) is 0 Å². The standard InChI is InChI=1S/C16H13F2N3O2S/c1-21-13-7-10(3-5-14(13)24-8-15(21)22)19-16(23)20-12-4-2-9(17)6-11(12)18/h2-7H,8H2,1H3,(H2,19,20,23). The van der Waals surface area contributed by atoms with Gasteiger partial charge in [-0.25, -0.2) is 13.6 Å². The van der Waals surface area contributed by atoms with Gasteiger partial charge in [0.15, 0.2) is 0 Å². The molecule has 0 radical (unpaired) electrons. The van der Waals surface area contributed by atoms with E-state index < -0.39 is 17.7 Å². The molecule has 0 aliphatic carbocycles. The maximum absolute atomic E-state index is 13.5. The molecule has 0 atom stereocenters. The van der Waals surface area contributed by atoms with Crippen LogP contribution >= 0.6 is 11.8 Å². The van der Waals surface area contributed by atoms with E-state index in [9.17, 15) is 18.4 Å². The van der Waals surface area contributed by atoms with Gasteiger partial charge in [0.25, 0.3) is 0 Å². The van der Waals surface area contributed by atoms with E-state index in [2.05, 4.69) is 10.6 Å². The molecule has 0 saturated heterocycles. The van der Waals surface area contributed by atoms with E-state index in [1.54, 1.807) is 25.2 Å². The van der Waals surface area contributed by atoms with Crippen molar-refractivity contribution in [3.63, 3.8) is 0 Å². The number of rotatable bonds is 2. The van der Waals surface area contributed by atoms with Gasteiger partial charge in [0.05, 0.1) is 17.1 Å². The molecule has 1 aliphatic rings. The summed E-state index contributed by atoms with van der Waals surface area (Å²) in [5.74, 6) is -1.24. The van der Waals surface area contributed by atoms with Crippen LogP contribution in [0.25, 0.3) is 0 Å². The fourth-order valence-electron chi connectivity index (χ4n) is 2.23. The van der Waals surface area contributed by atoms with E-state index in [0.29, 0.717) is 23.2 Å². The van der Waals surface area contributed by atoms with Gasteiger partial charge in [-0.05, 0) is 30.3 Å². The van der Waals surface area contributed by atoms with Gasteiger partial charge in [0.1, 0.15) is 11.6 Å². The highest BCUT2D eigenvalue weighted by Gasteiger charge is 2.21. The fourth-order valence-corrected chi connectivity index (χ4v) is 3.21. The first kappa shape index (κ1) is 16.3. The average molecular weight is 349 g/mol. The van der Waals surface area contributed by atoms with Crippen molar-refractivity contribution < 1.29 is 18.4 Å². The van der Waals surface area contributed by atoms with Crippen molar-refractivity contribution in [2.45, 2.75) is 4.90 Å². The topological polar surface area (TPSA) is 61.4 Å². The number of carbonyl (C=O) groups excluding carboxylic acids is 2. The lowest BCUT2D eigenvalue weighted by Crippen LogP contribution is -2.31. The Balaban J connectivity index is 1.74. The maximum atomic E-state index is 13.5. The Morgan fingerprint density at radius 3 is 2.71 bits per heavy atom. The molecule has 24 heavy (non-hydrogen) atoms. The van der Waals surface area contributed by atoms with Gasteiger partial charge in [0.2, 0.25) is 5.91 Å². The first-order valence-corrected chi connectivity index (χ1v) is 7.99. The summed E-state index contributed by atoms with van der Waals surface area (Å²) in [7, 11) is 1.67. The minimum Gasteiger partial charge on any atom is -0.314 e. The molecule has 5 nitrogen and oxygen atoms in total. The summed E-state index contributed by atoms with van der Waals surface area (Å²) < 4.78 is 26.4. The second-order valence-corrected chi connectivity index (χ2v) is 6.14. The SMILES string of the molecule is CN1C(=O)CSc2ccc(NC(=O)Nc3ccc(F)cc3F)cc21. The van der Waals surface area contributed by atoms with Crippen LogP contribution < -0.4 is 15.5 Å². The second kappa shape index (κ2) is 6.48. The Morgan fingerprint density at radius 2 is 1.96 bits per heavy atom. The van der Waals surface area contributed by atoms with E-state index in [-0.39, 0.29) is 11.6 Å². The number of nitrogens with zero attached hydrogens (tertiary/aromatic N) is 1. The number of halogens is 2. The summed E-state index contributed by atoms with van der Waals surface area (Å²) in [6, 6.07) is 7.37. The summed E-state index contributed by atoms with van der Waals surface area (Å²) >= 11 is 1.43. The summed E-state index contributed by atoms with van der Waals surface area (Å²) in [5, 5.41) is 4.87. The fraction of sp³-hybridized carbons (Fsp3) is 0.125. The van der Waals surface area contributed by atoms with Gasteiger partial charge >= 0.3 is 6.03 Å². The van der Waals surface area contributed by atoms with Gasteiger partial charge in [-0.3, -0.25) is 4.79 Å². The van der Waals surface area contributed by atoms with E-state index in [1.807, 2.05) is 0 Å². The lowest BCUT2D eigenvalue weighted by molar-refractivity contribution is -0.116. The number of anilines is 3. The number of amides is 3. The second-order valence-electron chi connectivity index (χ2n) is 5.13. The quantitative estimate of drug-likeness (QED) is 0.869. The summed E-state index contributed by atoms with van der Waals surface area (Å²) in [6.07, 6.45) is 0. The van der Waals surface area contributed by atoms with Crippen LogP contribution in [0.4, 0.5) is 30.6 Å². The Labute approximate surface area is 141 Å². The Kier molecular flexibility index (Phi) is 4.39. The monoisotopic (exact) mass is 349 g/mol. The number of hydrogen-bond acceptors (Lipinski definition) is 3. The molecule has 0 fully saturated rings. The number of hydrogen-bond donors (Lipinski definition) is 2. The van der Waals surface area contributed by atoms with E-state index >= 15 is 0 Å². The smallest absolute Gasteiger partial charge is 0.314 e.